The molecule has 0 saturated carbocycles. The Morgan fingerprint density at radius 1 is 0.639 bits per heavy atom. The average Bonchev–Trinajstić information content (AvgIpc) is 2.70. The molecule has 0 N–H and O–H groups in total. The van der Waals surface area contributed by atoms with Crippen LogP contribution in [0, 0.1) is 27.7 Å². The average molecular weight is 511 g/mol. The second-order valence-corrected chi connectivity index (χ2v) is 8.15. The molecule has 1 aromatic heterocycles. The number of aromatic nitrogens is 1. The van der Waals surface area contributed by atoms with Crippen molar-refractivity contribution in [1.82, 2.24) is 4.98 Å². The summed E-state index contributed by atoms with van der Waals surface area (Å²) in [6.07, 6.45) is -7.74. The van der Waals surface area contributed by atoms with Crippen LogP contribution < -0.4 is 9.47 Å². The molecule has 2 aromatic carbocycles. The topological polar surface area (TPSA) is 65.5 Å². The van der Waals surface area contributed by atoms with E-state index in [4.69, 9.17) is 9.47 Å². The molecular weight excluding hydrogens is 492 g/mol. The molecular formula is C25H19F6NO4. The maximum Gasteiger partial charge on any atom is 0.420 e. The van der Waals surface area contributed by atoms with Crippen molar-refractivity contribution in [2.45, 2.75) is 40.0 Å². The van der Waals surface area contributed by atoms with Crippen LogP contribution >= 0.6 is 0 Å². The van der Waals surface area contributed by atoms with Crippen molar-refractivity contribution in [2.24, 2.45) is 0 Å². The first-order chi connectivity index (χ1) is 16.6. The normalized spacial score (nSPS) is 11.8. The van der Waals surface area contributed by atoms with Gasteiger partial charge in [0.2, 0.25) is 0 Å². The Morgan fingerprint density at radius 3 is 1.33 bits per heavy atom. The van der Waals surface area contributed by atoms with E-state index in [9.17, 15) is 35.9 Å². The summed E-state index contributed by atoms with van der Waals surface area (Å²) >= 11 is 0. The van der Waals surface area contributed by atoms with E-state index in [0.29, 0.717) is 11.1 Å². The number of carbonyl (C=O) groups is 2. The van der Waals surface area contributed by atoms with Gasteiger partial charge in [-0.05, 0) is 68.1 Å². The third-order valence-corrected chi connectivity index (χ3v) is 5.07. The van der Waals surface area contributed by atoms with E-state index in [2.05, 4.69) is 4.98 Å². The highest BCUT2D eigenvalue weighted by molar-refractivity contribution is 5.96. The molecule has 0 aliphatic carbocycles. The van der Waals surface area contributed by atoms with Crippen LogP contribution in [0.2, 0.25) is 0 Å². The lowest BCUT2D eigenvalue weighted by molar-refractivity contribution is -0.140. The number of esters is 2. The van der Waals surface area contributed by atoms with E-state index in [1.54, 1.807) is 0 Å². The number of halogens is 6. The van der Waals surface area contributed by atoms with E-state index >= 15 is 0 Å². The molecule has 11 heteroatoms. The number of pyridine rings is 1. The fraction of sp³-hybridized carbons (Fsp3) is 0.240. The molecule has 190 valence electrons. The lowest BCUT2D eigenvalue weighted by Gasteiger charge is -2.17. The maximum absolute atomic E-state index is 13.5. The number of ether oxygens (including phenoxy) is 2. The Hall–Kier alpha value is -3.89. The first kappa shape index (κ1) is 26.7. The predicted octanol–water partition coefficient (Wildman–Crippen LogP) is 6.79. The summed E-state index contributed by atoms with van der Waals surface area (Å²) < 4.78 is 90.9. The molecule has 0 amide bonds. The van der Waals surface area contributed by atoms with Gasteiger partial charge in [0.05, 0.1) is 11.1 Å². The van der Waals surface area contributed by atoms with Gasteiger partial charge in [-0.3, -0.25) is 4.98 Å². The summed E-state index contributed by atoms with van der Waals surface area (Å²) in [5, 5.41) is 0. The van der Waals surface area contributed by atoms with E-state index in [1.165, 1.54) is 39.8 Å². The predicted molar refractivity (Wildman–Crippen MR) is 116 cm³/mol. The van der Waals surface area contributed by atoms with Crippen molar-refractivity contribution in [1.29, 1.82) is 0 Å². The number of carbonyl (C=O) groups excluding carboxylic acids is 2. The number of aryl methyl sites for hydroxylation is 4. The van der Waals surface area contributed by atoms with Gasteiger partial charge in [-0.2, -0.15) is 26.3 Å². The Morgan fingerprint density at radius 2 is 1.00 bits per heavy atom. The number of nitrogens with zero attached hydrogens (tertiary/aromatic N) is 1. The molecule has 0 fully saturated rings. The van der Waals surface area contributed by atoms with Crippen molar-refractivity contribution in [3.05, 3.63) is 87.2 Å². The quantitative estimate of drug-likeness (QED) is 0.219. The Kier molecular flexibility index (Phi) is 7.15. The maximum atomic E-state index is 13.5. The van der Waals surface area contributed by atoms with E-state index in [-0.39, 0.29) is 11.1 Å². The van der Waals surface area contributed by atoms with Crippen molar-refractivity contribution < 1.29 is 45.4 Å². The highest BCUT2D eigenvalue weighted by Crippen LogP contribution is 2.40. The molecule has 1 heterocycles. The molecule has 0 radical (unpaired) electrons. The van der Waals surface area contributed by atoms with Crippen molar-refractivity contribution in [3.8, 4) is 11.5 Å². The van der Waals surface area contributed by atoms with Gasteiger partial charge in [0.1, 0.15) is 22.6 Å². The zero-order valence-electron chi connectivity index (χ0n) is 19.4. The van der Waals surface area contributed by atoms with Gasteiger partial charge < -0.3 is 9.47 Å². The van der Waals surface area contributed by atoms with Gasteiger partial charge in [-0.15, -0.1) is 0 Å². The molecule has 0 saturated heterocycles. The smallest absolute Gasteiger partial charge is 0.420 e. The van der Waals surface area contributed by atoms with Gasteiger partial charge in [0, 0.05) is 12.4 Å². The molecule has 0 aliphatic rings. The Balaban J connectivity index is 1.92. The minimum atomic E-state index is -4.81. The zero-order valence-corrected chi connectivity index (χ0v) is 19.4. The van der Waals surface area contributed by atoms with Crippen LogP contribution in [0.5, 0.6) is 11.5 Å². The molecule has 3 aromatic rings. The molecule has 0 atom stereocenters. The number of hydrogen-bond acceptors (Lipinski definition) is 5. The molecule has 5 nitrogen and oxygen atoms in total. The lowest BCUT2D eigenvalue weighted by Crippen LogP contribution is -2.18. The van der Waals surface area contributed by atoms with Gasteiger partial charge in [-0.1, -0.05) is 12.1 Å². The molecule has 0 aliphatic heterocycles. The van der Waals surface area contributed by atoms with Crippen LogP contribution in [0.15, 0.2) is 42.7 Å². The third kappa shape index (κ3) is 5.84. The van der Waals surface area contributed by atoms with Crippen LogP contribution in [0.25, 0.3) is 0 Å². The van der Waals surface area contributed by atoms with Crippen LogP contribution in [0.1, 0.15) is 54.1 Å². The second kappa shape index (κ2) is 9.63. The van der Waals surface area contributed by atoms with Crippen LogP contribution in [-0.4, -0.2) is 16.9 Å². The standard InChI is InChI=1S/C25H19F6NO4/c1-12-5-14(3)20(24(26,27)28)18(7-12)35-22(33)16-9-17(11-32-10-16)23(34)36-19-8-13(2)6-15(4)21(19)25(29,30)31/h5-11H,1-4H3. The fourth-order valence-corrected chi connectivity index (χ4v) is 3.73. The summed E-state index contributed by atoms with van der Waals surface area (Å²) in [6.45, 7) is 5.47. The molecule has 36 heavy (non-hydrogen) atoms. The summed E-state index contributed by atoms with van der Waals surface area (Å²) in [4.78, 5) is 28.9. The zero-order chi connectivity index (χ0) is 27.0. The van der Waals surface area contributed by atoms with Gasteiger partial charge >= 0.3 is 24.3 Å². The van der Waals surface area contributed by atoms with Gasteiger partial charge in [-0.25, -0.2) is 9.59 Å². The first-order valence-corrected chi connectivity index (χ1v) is 10.3. The van der Waals surface area contributed by atoms with Crippen LogP contribution in [-0.2, 0) is 12.4 Å². The summed E-state index contributed by atoms with van der Waals surface area (Å²) in [7, 11) is 0. The van der Waals surface area contributed by atoms with E-state index in [1.807, 2.05) is 0 Å². The summed E-state index contributed by atoms with van der Waals surface area (Å²) in [5.41, 5.74) is -2.59. The Bertz CT molecular complexity index is 1250. The Labute approximate surface area is 201 Å². The number of hydrogen-bond donors (Lipinski definition) is 0. The van der Waals surface area contributed by atoms with Gasteiger partial charge in [0.25, 0.3) is 0 Å². The van der Waals surface area contributed by atoms with Crippen LogP contribution in [0.3, 0.4) is 0 Å². The van der Waals surface area contributed by atoms with Crippen LogP contribution in [0.4, 0.5) is 26.3 Å². The fourth-order valence-electron chi connectivity index (χ4n) is 3.73. The molecule has 0 bridgehead atoms. The van der Waals surface area contributed by atoms with E-state index < -0.39 is 58.0 Å². The van der Waals surface area contributed by atoms with Crippen molar-refractivity contribution in [2.75, 3.05) is 0 Å². The third-order valence-electron chi connectivity index (χ3n) is 5.07. The summed E-state index contributed by atoms with van der Waals surface area (Å²) in [5.74, 6) is -3.98. The first-order valence-electron chi connectivity index (χ1n) is 10.3. The minimum Gasteiger partial charge on any atom is -0.422 e. The summed E-state index contributed by atoms with van der Waals surface area (Å²) in [6, 6.07) is 5.54. The lowest BCUT2D eigenvalue weighted by atomic mass is 10.0. The van der Waals surface area contributed by atoms with Gasteiger partial charge in [0.15, 0.2) is 0 Å². The van der Waals surface area contributed by atoms with Crippen molar-refractivity contribution >= 4 is 11.9 Å². The second-order valence-electron chi connectivity index (χ2n) is 8.15. The monoisotopic (exact) mass is 511 g/mol. The number of rotatable bonds is 4. The largest absolute Gasteiger partial charge is 0.422 e. The molecule has 0 spiro atoms. The minimum absolute atomic E-state index is 0.158. The van der Waals surface area contributed by atoms with E-state index in [0.717, 1.165) is 30.6 Å². The highest BCUT2D eigenvalue weighted by atomic mass is 19.4. The highest BCUT2D eigenvalue weighted by Gasteiger charge is 2.38. The number of benzene rings is 2. The SMILES string of the molecule is Cc1cc(C)c(C(F)(F)F)c(OC(=O)c2cncc(C(=O)Oc3cc(C)cc(C)c3C(F)(F)F)c2)c1. The number of alkyl halides is 6. The molecule has 0 unspecified atom stereocenters. The van der Waals surface area contributed by atoms with Crippen molar-refractivity contribution in [3.63, 3.8) is 0 Å². The molecule has 3 rings (SSSR count).